The average Bonchev–Trinajstić information content (AvgIpc) is 3.94. The van der Waals surface area contributed by atoms with Crippen LogP contribution in [0.5, 0.6) is 0 Å². The van der Waals surface area contributed by atoms with E-state index in [0.29, 0.717) is 70.6 Å². The molecule has 2 aromatic heterocycles. The number of nitriles is 1. The number of hydrogen-bond acceptors (Lipinski definition) is 16. The molecule has 4 rings (SSSR count). The highest BCUT2D eigenvalue weighted by Gasteiger charge is 2.31. The Kier molecular flexibility index (Phi) is 24.6. The predicted molar refractivity (Wildman–Crippen MR) is 288 cm³/mol. The quantitative estimate of drug-likeness (QED) is 0.0156. The third-order valence-electron chi connectivity index (χ3n) is 10.7. The number of benzene rings is 2. The average molecular weight is 1090 g/mol. The molecule has 72 heavy (non-hydrogen) atoms. The minimum Gasteiger partial charge on any atom is -0.383 e. The Morgan fingerprint density at radius 2 is 1.40 bits per heavy atom. The van der Waals surface area contributed by atoms with Crippen molar-refractivity contribution in [3.05, 3.63) is 90.5 Å². The number of sulfone groups is 1. The molecule has 21 heteroatoms. The van der Waals surface area contributed by atoms with E-state index in [1.165, 1.54) is 0 Å². The number of sulfonamides is 1. The lowest BCUT2D eigenvalue weighted by molar-refractivity contribution is -0.116. The van der Waals surface area contributed by atoms with E-state index in [-0.39, 0.29) is 33.5 Å². The van der Waals surface area contributed by atoms with Gasteiger partial charge in [-0.3, -0.25) is 4.79 Å². The van der Waals surface area contributed by atoms with Gasteiger partial charge in [0.05, 0.1) is 41.9 Å². The second-order valence-corrected chi connectivity index (χ2v) is 31.6. The summed E-state index contributed by atoms with van der Waals surface area (Å²) in [6.45, 7) is 35.5. The van der Waals surface area contributed by atoms with Gasteiger partial charge in [-0.2, -0.15) is 10.3 Å². The van der Waals surface area contributed by atoms with E-state index in [2.05, 4.69) is 45.5 Å². The summed E-state index contributed by atoms with van der Waals surface area (Å²) in [5.41, 5.74) is 4.51. The Morgan fingerprint density at radius 1 is 0.861 bits per heavy atom. The first-order valence-electron chi connectivity index (χ1n) is 23.8. The fourth-order valence-corrected chi connectivity index (χ4v) is 12.9. The molecule has 0 amide bonds. The molecule has 4 N–H and O–H groups in total. The maximum absolute atomic E-state index is 13.1. The molecule has 0 unspecified atom stereocenters. The summed E-state index contributed by atoms with van der Waals surface area (Å²) in [5, 5.41) is 35.0. The first kappa shape index (κ1) is 63.8. The van der Waals surface area contributed by atoms with E-state index in [9.17, 15) is 41.9 Å². The second-order valence-electron chi connectivity index (χ2n) is 20.1. The zero-order valence-electron chi connectivity index (χ0n) is 44.3. The third kappa shape index (κ3) is 19.8. The first-order chi connectivity index (χ1) is 33.3. The van der Waals surface area contributed by atoms with E-state index in [1.54, 1.807) is 71.9 Å². The normalized spacial score (nSPS) is 12.1. The van der Waals surface area contributed by atoms with Crippen molar-refractivity contribution in [2.45, 2.75) is 172 Å². The fourth-order valence-electron chi connectivity index (χ4n) is 7.00. The molecule has 0 bridgehead atoms. The molecule has 0 atom stereocenters. The molecule has 0 spiro atoms. The van der Waals surface area contributed by atoms with Crippen LogP contribution in [0.3, 0.4) is 0 Å². The number of aromatic nitrogens is 2. The molecule has 396 valence electrons. The van der Waals surface area contributed by atoms with Crippen molar-refractivity contribution in [2.75, 3.05) is 25.8 Å². The maximum atomic E-state index is 13.1. The highest BCUT2D eigenvalue weighted by Crippen LogP contribution is 2.36. The van der Waals surface area contributed by atoms with Gasteiger partial charge in [0, 0.05) is 21.1 Å². The number of aliphatic imine (C=N–C) groups is 1. The summed E-state index contributed by atoms with van der Waals surface area (Å²) >= 11 is 1.86. The number of hydrogen-bond donors (Lipinski definition) is 3. The van der Waals surface area contributed by atoms with E-state index >= 15 is 0 Å². The van der Waals surface area contributed by atoms with Crippen LogP contribution in [0, 0.1) is 17.9 Å². The molecule has 0 saturated carbocycles. The Balaban J connectivity index is 0.000000394. The SMILES string of the molecule is CCCc1cc(C#N)cc(C(C)C)c1CC(=O)CS(=O)(=O)c1sc(C(C)(C)O)nc1CC.CCc1nc(C(C)(C)O)sc1S(N)(=O)=O.[C-]#[N+]c1cc(CCOCOCC[Si](C)(C)C)c(N=C=O)c(C(C)C)c1. The van der Waals surface area contributed by atoms with Crippen LogP contribution in [0.1, 0.15) is 149 Å². The molecule has 0 saturated heterocycles. The van der Waals surface area contributed by atoms with Gasteiger partial charge in [0.1, 0.15) is 38.0 Å². The molecule has 0 aliphatic heterocycles. The summed E-state index contributed by atoms with van der Waals surface area (Å²) in [7, 11) is -8.71. The van der Waals surface area contributed by atoms with Gasteiger partial charge in [-0.05, 0) is 111 Å². The number of ketones is 1. The summed E-state index contributed by atoms with van der Waals surface area (Å²) < 4.78 is 59.8. The largest absolute Gasteiger partial charge is 0.383 e. The Morgan fingerprint density at radius 3 is 1.85 bits per heavy atom. The van der Waals surface area contributed by atoms with Crippen LogP contribution in [0.15, 0.2) is 37.7 Å². The number of aryl methyl sites for hydroxylation is 3. The number of ether oxygens (including phenoxy) is 2. The van der Waals surface area contributed by atoms with Gasteiger partial charge in [0.2, 0.25) is 16.1 Å². The Labute approximate surface area is 437 Å². The molecule has 4 aromatic rings. The van der Waals surface area contributed by atoms with Crippen LogP contribution in [-0.4, -0.2) is 82.7 Å². The van der Waals surface area contributed by atoms with Crippen LogP contribution in [-0.2, 0) is 82.2 Å². The van der Waals surface area contributed by atoms with E-state index < -0.39 is 50.7 Å². The van der Waals surface area contributed by atoms with Gasteiger partial charge in [-0.15, -0.1) is 22.7 Å². The molecule has 0 radical (unpaired) electrons. The van der Waals surface area contributed by atoms with E-state index in [4.69, 9.17) is 21.2 Å². The zero-order valence-corrected chi connectivity index (χ0v) is 48.6. The lowest BCUT2D eigenvalue weighted by Crippen LogP contribution is -2.22. The molecule has 0 aliphatic carbocycles. The summed E-state index contributed by atoms with van der Waals surface area (Å²) in [6.07, 6.45) is 4.63. The minimum atomic E-state index is -3.89. The molecule has 16 nitrogen and oxygen atoms in total. The number of isocyanates is 1. The predicted octanol–water partition coefficient (Wildman–Crippen LogP) is 10.2. The van der Waals surface area contributed by atoms with Crippen molar-refractivity contribution in [3.63, 3.8) is 0 Å². The van der Waals surface area contributed by atoms with Gasteiger partial charge in [0.25, 0.3) is 0 Å². The summed E-state index contributed by atoms with van der Waals surface area (Å²) in [5.74, 6) is -0.746. The van der Waals surface area contributed by atoms with Crippen molar-refractivity contribution in [3.8, 4) is 6.07 Å². The van der Waals surface area contributed by atoms with Gasteiger partial charge in [-0.1, -0.05) is 86.7 Å². The fraction of sp³-hybridized carbons (Fsp3) is 0.569. The number of Topliss-reactive ketones (excluding diaryl/α,β-unsaturated/α-hetero) is 1. The maximum Gasteiger partial charge on any atom is 0.249 e. The van der Waals surface area contributed by atoms with Crippen molar-refractivity contribution >= 4 is 73.8 Å². The van der Waals surface area contributed by atoms with Gasteiger partial charge in [-0.25, -0.2) is 41.6 Å². The van der Waals surface area contributed by atoms with Crippen molar-refractivity contribution in [1.82, 2.24) is 9.97 Å². The molecular weight excluding hydrogens is 1010 g/mol. The number of rotatable bonds is 23. The number of primary sulfonamides is 1. The van der Waals surface area contributed by atoms with Crippen molar-refractivity contribution in [2.24, 2.45) is 10.1 Å². The van der Waals surface area contributed by atoms with E-state index in [1.807, 2.05) is 34.6 Å². The van der Waals surface area contributed by atoms with Crippen LogP contribution >= 0.6 is 22.7 Å². The first-order valence-corrected chi connectivity index (χ1v) is 32.4. The summed E-state index contributed by atoms with van der Waals surface area (Å²) in [4.78, 5) is 39.5. The smallest absolute Gasteiger partial charge is 0.249 e. The highest BCUT2D eigenvalue weighted by molar-refractivity contribution is 7.94. The van der Waals surface area contributed by atoms with Crippen molar-refractivity contribution < 1.29 is 46.1 Å². The second kappa shape index (κ2) is 27.8. The van der Waals surface area contributed by atoms with Crippen LogP contribution in [0.2, 0.25) is 25.7 Å². The molecular formula is C51H74N6O10S4Si. The zero-order chi connectivity index (χ0) is 55.0. The molecule has 0 fully saturated rings. The monoisotopic (exact) mass is 1090 g/mol. The van der Waals surface area contributed by atoms with Gasteiger partial charge < -0.3 is 19.7 Å². The van der Waals surface area contributed by atoms with Crippen molar-refractivity contribution in [1.29, 1.82) is 5.26 Å². The van der Waals surface area contributed by atoms with Crippen LogP contribution in [0.25, 0.3) is 4.85 Å². The van der Waals surface area contributed by atoms with Crippen LogP contribution in [0.4, 0.5) is 11.4 Å². The van der Waals surface area contributed by atoms with Gasteiger partial charge in [0.15, 0.2) is 25.5 Å². The number of carbonyl (C=O) groups excluding carboxylic acids is 2. The number of thiazole rings is 2. The van der Waals surface area contributed by atoms with Gasteiger partial charge >= 0.3 is 0 Å². The number of aliphatic hydroxyl groups is 2. The molecule has 0 aliphatic rings. The standard InChI is InChI=1S/C24H32N2O4S2.C19H28N2O3Si.C8H14N2O3S2/c1-7-9-17-10-16(13-25)11-19(15(3)4)20(17)12-18(27)14-32(29,30)22-21(8-2)26-23(31-22)24(5,6)28;1-15(2)18-12-17(20-3)11-16(19(18)21-13-22)7-8-23-14-24-9-10-25(4,5)6;1-4-5-6(15(9,12)13)14-7(10-5)8(2,3)11/h10-11,15,28H,7-9,12,14H2,1-6H3;11-12,15H,7-10,14H2,1-2,4-6H3;11H,4H2,1-3H3,(H2,9,12,13). The number of nitrogens with zero attached hydrogens (tertiary/aromatic N) is 5. The molecule has 2 heterocycles. The minimum absolute atomic E-state index is 0.00635. The topological polar surface area (TPSA) is 254 Å². The van der Waals surface area contributed by atoms with Crippen LogP contribution < -0.4 is 5.14 Å². The summed E-state index contributed by atoms with van der Waals surface area (Å²) in [6, 6.07) is 10.5. The van der Waals surface area contributed by atoms with E-state index in [0.717, 1.165) is 69.6 Å². The third-order valence-corrected chi connectivity index (χ3v) is 19.1. The highest BCUT2D eigenvalue weighted by atomic mass is 32.2. The Hall–Kier alpha value is -4.35. The Bertz CT molecular complexity index is 2840. The molecule has 2 aromatic carbocycles. The number of carbonyl (C=O) groups is 1. The lowest BCUT2D eigenvalue weighted by Gasteiger charge is -2.18. The lowest BCUT2D eigenvalue weighted by atomic mass is 9.87. The number of nitrogens with two attached hydrogens (primary N) is 1.